The predicted molar refractivity (Wildman–Crippen MR) is 112 cm³/mol. The third kappa shape index (κ3) is 3.88. The number of hydrogen-bond donors (Lipinski definition) is 2. The molecule has 5 rings (SSSR count). The molecule has 0 spiro atoms. The monoisotopic (exact) mass is 426 g/mol. The van der Waals surface area contributed by atoms with Gasteiger partial charge in [-0.1, -0.05) is 6.42 Å². The van der Waals surface area contributed by atoms with Gasteiger partial charge < -0.3 is 15.8 Å². The number of nitrogens with two attached hydrogens (primary N) is 1. The second kappa shape index (κ2) is 8.13. The Morgan fingerprint density at radius 3 is 2.65 bits per heavy atom. The number of imide groups is 1. The fourth-order valence-electron chi connectivity index (χ4n) is 6.27. The number of pyridine rings is 1. The van der Waals surface area contributed by atoms with Crippen LogP contribution in [0.15, 0.2) is 18.3 Å². The minimum absolute atomic E-state index is 0.0575. The minimum Gasteiger partial charge on any atom is -0.474 e. The van der Waals surface area contributed by atoms with Crippen molar-refractivity contribution in [3.63, 3.8) is 0 Å². The zero-order valence-electron chi connectivity index (χ0n) is 17.7. The number of nitrogens with one attached hydrogen (secondary N) is 1. The van der Waals surface area contributed by atoms with Crippen LogP contribution in [-0.4, -0.2) is 45.9 Å². The first-order chi connectivity index (χ1) is 15.0. The molecule has 2 bridgehead atoms. The van der Waals surface area contributed by atoms with Crippen molar-refractivity contribution >= 4 is 17.8 Å². The van der Waals surface area contributed by atoms with E-state index >= 15 is 0 Å². The van der Waals surface area contributed by atoms with Gasteiger partial charge in [0.2, 0.25) is 5.88 Å². The summed E-state index contributed by atoms with van der Waals surface area (Å²) in [6.07, 6.45) is 10.1. The molecule has 31 heavy (non-hydrogen) atoms. The lowest BCUT2D eigenvalue weighted by molar-refractivity contribution is -0.130. The maximum atomic E-state index is 13.1. The van der Waals surface area contributed by atoms with Gasteiger partial charge in [-0.05, 0) is 81.3 Å². The molecule has 8 nitrogen and oxygen atoms in total. The molecule has 3 aliphatic carbocycles. The highest BCUT2D eigenvalue weighted by molar-refractivity contribution is 6.04. The van der Waals surface area contributed by atoms with Crippen molar-refractivity contribution in [2.75, 3.05) is 0 Å². The maximum Gasteiger partial charge on any atom is 0.325 e. The van der Waals surface area contributed by atoms with Crippen LogP contribution in [0.25, 0.3) is 0 Å². The predicted octanol–water partition coefficient (Wildman–Crippen LogP) is 2.62. The highest BCUT2D eigenvalue weighted by Gasteiger charge is 2.47. The smallest absolute Gasteiger partial charge is 0.325 e. The van der Waals surface area contributed by atoms with Crippen molar-refractivity contribution < 1.29 is 19.1 Å². The quantitative estimate of drug-likeness (QED) is 0.679. The third-order valence-electron chi connectivity index (χ3n) is 7.80. The zero-order chi connectivity index (χ0) is 21.5. The Labute approximate surface area is 181 Å². The molecule has 0 aromatic carbocycles. The highest BCUT2D eigenvalue weighted by Crippen LogP contribution is 2.50. The molecule has 4 aliphatic rings. The van der Waals surface area contributed by atoms with Crippen molar-refractivity contribution in [3.05, 3.63) is 23.9 Å². The van der Waals surface area contributed by atoms with Crippen LogP contribution in [0.5, 0.6) is 5.88 Å². The largest absolute Gasteiger partial charge is 0.474 e. The first kappa shape index (κ1) is 20.3. The molecule has 1 aromatic rings. The first-order valence-corrected chi connectivity index (χ1v) is 11.5. The molecule has 8 heteroatoms. The fraction of sp³-hybridized carbons (Fsp3) is 0.652. The number of amides is 4. The summed E-state index contributed by atoms with van der Waals surface area (Å²) in [6.45, 7) is 0. The Hall–Kier alpha value is -2.64. The summed E-state index contributed by atoms with van der Waals surface area (Å²) in [5.41, 5.74) is 5.66. The second-order valence-corrected chi connectivity index (χ2v) is 9.65. The van der Waals surface area contributed by atoms with Gasteiger partial charge in [0.1, 0.15) is 17.7 Å². The summed E-state index contributed by atoms with van der Waals surface area (Å²) in [4.78, 5) is 42.8. The maximum absolute atomic E-state index is 13.1. The summed E-state index contributed by atoms with van der Waals surface area (Å²) in [6, 6.07) is 2.53. The number of primary amides is 1. The van der Waals surface area contributed by atoms with E-state index < -0.39 is 5.91 Å². The van der Waals surface area contributed by atoms with E-state index in [0.717, 1.165) is 18.3 Å². The summed E-state index contributed by atoms with van der Waals surface area (Å²) < 4.78 is 5.93. The van der Waals surface area contributed by atoms with E-state index in [0.29, 0.717) is 31.6 Å². The SMILES string of the molecule is NC(=O)c1cccnc1OC1CCC(N2C(=O)NC(CC3CC4CCC3C4)C2=O)CC1. The van der Waals surface area contributed by atoms with Crippen molar-refractivity contribution in [1.82, 2.24) is 15.2 Å². The normalized spacial score (nSPS) is 34.8. The van der Waals surface area contributed by atoms with Crippen LogP contribution >= 0.6 is 0 Å². The second-order valence-electron chi connectivity index (χ2n) is 9.65. The molecule has 166 valence electrons. The Balaban J connectivity index is 1.16. The molecule has 4 amide bonds. The lowest BCUT2D eigenvalue weighted by Crippen LogP contribution is -2.44. The summed E-state index contributed by atoms with van der Waals surface area (Å²) in [5.74, 6) is 1.78. The lowest BCUT2D eigenvalue weighted by atomic mass is 9.84. The van der Waals surface area contributed by atoms with Crippen LogP contribution in [-0.2, 0) is 4.79 Å². The number of nitrogens with zero attached hydrogens (tertiary/aromatic N) is 2. The van der Waals surface area contributed by atoms with E-state index in [9.17, 15) is 14.4 Å². The summed E-state index contributed by atoms with van der Waals surface area (Å²) >= 11 is 0. The van der Waals surface area contributed by atoms with Gasteiger partial charge in [-0.15, -0.1) is 0 Å². The van der Waals surface area contributed by atoms with Crippen molar-refractivity contribution in [3.8, 4) is 5.88 Å². The standard InChI is InChI=1S/C23H30N4O4/c24-20(28)18-2-1-9-25-21(18)31-17-7-5-16(6-8-17)27-22(29)19(26-23(27)30)12-15-11-13-3-4-14(15)10-13/h1-2,9,13-17,19H,3-8,10-12H2,(H2,24,28)(H,26,30). The molecule has 3 saturated carbocycles. The number of fused-ring (bicyclic) bond motifs is 2. The molecule has 2 heterocycles. The first-order valence-electron chi connectivity index (χ1n) is 11.5. The number of carbonyl (C=O) groups excluding carboxylic acids is 3. The molecule has 3 N–H and O–H groups in total. The number of ether oxygens (including phenoxy) is 1. The van der Waals surface area contributed by atoms with Crippen LogP contribution in [0.2, 0.25) is 0 Å². The molecule has 1 saturated heterocycles. The van der Waals surface area contributed by atoms with Gasteiger partial charge in [0, 0.05) is 12.2 Å². The Morgan fingerprint density at radius 1 is 1.16 bits per heavy atom. The fourth-order valence-corrected chi connectivity index (χ4v) is 6.27. The number of carbonyl (C=O) groups is 3. The van der Waals surface area contributed by atoms with Crippen LogP contribution in [0.3, 0.4) is 0 Å². The zero-order valence-corrected chi connectivity index (χ0v) is 17.7. The molecule has 4 fully saturated rings. The van der Waals surface area contributed by atoms with E-state index in [1.165, 1.54) is 30.6 Å². The summed E-state index contributed by atoms with van der Waals surface area (Å²) in [7, 11) is 0. The van der Waals surface area contributed by atoms with Gasteiger partial charge in [0.05, 0.1) is 0 Å². The van der Waals surface area contributed by atoms with E-state index in [1.54, 1.807) is 18.3 Å². The lowest BCUT2D eigenvalue weighted by Gasteiger charge is -2.33. The third-order valence-corrected chi connectivity index (χ3v) is 7.80. The van der Waals surface area contributed by atoms with Crippen LogP contribution in [0, 0.1) is 17.8 Å². The topological polar surface area (TPSA) is 115 Å². The molecule has 1 aromatic heterocycles. The van der Waals surface area contributed by atoms with Crippen molar-refractivity contribution in [2.45, 2.75) is 76.0 Å². The molecule has 4 atom stereocenters. The molecular weight excluding hydrogens is 396 g/mol. The Kier molecular flexibility index (Phi) is 5.32. The van der Waals surface area contributed by atoms with Gasteiger partial charge >= 0.3 is 6.03 Å². The molecule has 0 radical (unpaired) electrons. The van der Waals surface area contributed by atoms with E-state index in [1.807, 2.05) is 0 Å². The van der Waals surface area contributed by atoms with E-state index in [-0.39, 0.29) is 41.6 Å². The molecular formula is C23H30N4O4. The summed E-state index contributed by atoms with van der Waals surface area (Å²) in [5, 5.41) is 2.95. The number of rotatable bonds is 6. The Bertz CT molecular complexity index is 882. The molecule has 4 unspecified atom stereocenters. The minimum atomic E-state index is -0.572. The number of urea groups is 1. The van der Waals surface area contributed by atoms with Crippen LogP contribution in [0.1, 0.15) is 68.1 Å². The van der Waals surface area contributed by atoms with Crippen LogP contribution in [0.4, 0.5) is 4.79 Å². The van der Waals surface area contributed by atoms with E-state index in [4.69, 9.17) is 10.5 Å². The number of aromatic nitrogens is 1. The van der Waals surface area contributed by atoms with Gasteiger partial charge in [-0.3, -0.25) is 14.5 Å². The van der Waals surface area contributed by atoms with Crippen molar-refractivity contribution in [1.29, 1.82) is 0 Å². The Morgan fingerprint density at radius 2 is 1.97 bits per heavy atom. The van der Waals surface area contributed by atoms with Gasteiger partial charge in [0.15, 0.2) is 0 Å². The van der Waals surface area contributed by atoms with Gasteiger partial charge in [-0.25, -0.2) is 9.78 Å². The van der Waals surface area contributed by atoms with Crippen molar-refractivity contribution in [2.24, 2.45) is 23.5 Å². The average molecular weight is 427 g/mol. The highest BCUT2D eigenvalue weighted by atomic mass is 16.5. The van der Waals surface area contributed by atoms with E-state index in [2.05, 4.69) is 10.3 Å². The van der Waals surface area contributed by atoms with Gasteiger partial charge in [0.25, 0.3) is 11.8 Å². The van der Waals surface area contributed by atoms with Crippen LogP contribution < -0.4 is 15.8 Å². The molecule has 1 aliphatic heterocycles. The average Bonchev–Trinajstić information content (AvgIpc) is 3.45. The number of hydrogen-bond acceptors (Lipinski definition) is 5. The van der Waals surface area contributed by atoms with Gasteiger partial charge in [-0.2, -0.15) is 0 Å².